The Morgan fingerprint density at radius 2 is 1.76 bits per heavy atom. The fraction of sp³-hybridized carbons (Fsp3) is 0.368. The second-order valence-electron chi connectivity index (χ2n) is 5.97. The molecule has 2 aromatic carbocycles. The quantitative estimate of drug-likeness (QED) is 0.868. The van der Waals surface area contributed by atoms with Gasteiger partial charge in [-0.3, -0.25) is 0 Å². The maximum atomic E-state index is 3.64. The largest absolute Gasteiger partial charge is 0.378 e. The van der Waals surface area contributed by atoms with Crippen molar-refractivity contribution >= 4 is 11.4 Å². The third-order valence-corrected chi connectivity index (χ3v) is 4.36. The Hall–Kier alpha value is -1.96. The summed E-state index contributed by atoms with van der Waals surface area (Å²) >= 11 is 0. The molecule has 2 aromatic rings. The van der Waals surface area contributed by atoms with E-state index in [1.807, 2.05) is 0 Å². The second kappa shape index (κ2) is 6.21. The number of rotatable bonds is 4. The maximum absolute atomic E-state index is 3.64. The molecule has 0 aliphatic carbocycles. The summed E-state index contributed by atoms with van der Waals surface area (Å²) in [7, 11) is 0. The highest BCUT2D eigenvalue weighted by Crippen LogP contribution is 2.26. The van der Waals surface area contributed by atoms with Crippen molar-refractivity contribution < 1.29 is 0 Å². The molecule has 1 unspecified atom stereocenters. The van der Waals surface area contributed by atoms with E-state index in [9.17, 15) is 0 Å². The normalized spacial score (nSPS) is 16.0. The van der Waals surface area contributed by atoms with Gasteiger partial charge in [-0.05, 0) is 56.0 Å². The van der Waals surface area contributed by atoms with Gasteiger partial charge in [0.25, 0.3) is 0 Å². The van der Waals surface area contributed by atoms with Crippen molar-refractivity contribution in [1.82, 2.24) is 0 Å². The number of hydrogen-bond acceptors (Lipinski definition) is 2. The molecule has 21 heavy (non-hydrogen) atoms. The fourth-order valence-corrected chi connectivity index (χ4v) is 3.17. The van der Waals surface area contributed by atoms with Crippen LogP contribution in [-0.2, 0) is 0 Å². The predicted molar refractivity (Wildman–Crippen MR) is 91.1 cm³/mol. The molecule has 1 aliphatic heterocycles. The topological polar surface area (TPSA) is 15.3 Å². The van der Waals surface area contributed by atoms with E-state index in [1.54, 1.807) is 0 Å². The Balaban J connectivity index is 1.75. The zero-order chi connectivity index (χ0) is 14.7. The third-order valence-electron chi connectivity index (χ3n) is 4.36. The van der Waals surface area contributed by atoms with Crippen LogP contribution >= 0.6 is 0 Å². The lowest BCUT2D eigenvalue weighted by atomic mass is 10.0. The molecule has 0 aromatic heterocycles. The van der Waals surface area contributed by atoms with Crippen molar-refractivity contribution in [2.75, 3.05) is 23.3 Å². The van der Waals surface area contributed by atoms with Crippen LogP contribution in [0.4, 0.5) is 11.4 Å². The van der Waals surface area contributed by atoms with Crippen molar-refractivity contribution in [3.63, 3.8) is 0 Å². The van der Waals surface area contributed by atoms with Crippen molar-refractivity contribution in [3.8, 4) is 0 Å². The van der Waals surface area contributed by atoms with Gasteiger partial charge in [0, 0.05) is 30.5 Å². The molecule has 1 N–H and O–H groups in total. The fourth-order valence-electron chi connectivity index (χ4n) is 3.17. The number of hydrogen-bond donors (Lipinski definition) is 1. The lowest BCUT2D eigenvalue weighted by molar-refractivity contribution is 0.873. The van der Waals surface area contributed by atoms with Crippen LogP contribution in [0.25, 0.3) is 0 Å². The van der Waals surface area contributed by atoms with Crippen LogP contribution in [0.3, 0.4) is 0 Å². The van der Waals surface area contributed by atoms with Gasteiger partial charge >= 0.3 is 0 Å². The highest BCUT2D eigenvalue weighted by Gasteiger charge is 2.13. The first kappa shape index (κ1) is 14.0. The summed E-state index contributed by atoms with van der Waals surface area (Å²) in [6.45, 7) is 6.78. The summed E-state index contributed by atoms with van der Waals surface area (Å²) in [5.74, 6) is 0. The molecule has 0 spiro atoms. The van der Waals surface area contributed by atoms with Crippen LogP contribution in [0.15, 0.2) is 48.5 Å². The molecular formula is C19H24N2. The molecule has 0 amide bonds. The predicted octanol–water partition coefficient (Wildman–Crippen LogP) is 4.77. The Morgan fingerprint density at radius 1 is 1.00 bits per heavy atom. The van der Waals surface area contributed by atoms with E-state index in [0.29, 0.717) is 6.04 Å². The molecule has 1 fully saturated rings. The van der Waals surface area contributed by atoms with E-state index >= 15 is 0 Å². The first-order chi connectivity index (χ1) is 10.2. The summed E-state index contributed by atoms with van der Waals surface area (Å²) in [4.78, 5) is 2.48. The monoisotopic (exact) mass is 280 g/mol. The minimum Gasteiger partial charge on any atom is -0.378 e. The molecule has 1 heterocycles. The lowest BCUT2D eigenvalue weighted by Crippen LogP contribution is -2.17. The SMILES string of the molecule is Cc1ccccc1C(C)Nc1cccc(N2CCCC2)c1. The molecule has 1 atom stereocenters. The highest BCUT2D eigenvalue weighted by molar-refractivity contribution is 5.59. The number of nitrogens with one attached hydrogen (secondary N) is 1. The van der Waals surface area contributed by atoms with Gasteiger partial charge in [0.2, 0.25) is 0 Å². The Kier molecular flexibility index (Phi) is 4.14. The average Bonchev–Trinajstić information content (AvgIpc) is 3.02. The Bertz CT molecular complexity index is 600. The van der Waals surface area contributed by atoms with Crippen LogP contribution in [0.5, 0.6) is 0 Å². The van der Waals surface area contributed by atoms with E-state index in [-0.39, 0.29) is 0 Å². The molecule has 0 radical (unpaired) electrons. The number of anilines is 2. The number of nitrogens with zero attached hydrogens (tertiary/aromatic N) is 1. The number of aryl methyl sites for hydroxylation is 1. The first-order valence-corrected chi connectivity index (χ1v) is 7.91. The molecule has 1 aliphatic rings. The number of benzene rings is 2. The Morgan fingerprint density at radius 3 is 2.52 bits per heavy atom. The molecule has 3 rings (SSSR count). The van der Waals surface area contributed by atoms with E-state index in [4.69, 9.17) is 0 Å². The molecule has 1 saturated heterocycles. The molecule has 0 bridgehead atoms. The summed E-state index contributed by atoms with van der Waals surface area (Å²) in [6, 6.07) is 17.7. The molecular weight excluding hydrogens is 256 g/mol. The summed E-state index contributed by atoms with van der Waals surface area (Å²) < 4.78 is 0. The summed E-state index contributed by atoms with van der Waals surface area (Å²) in [5, 5.41) is 3.64. The van der Waals surface area contributed by atoms with Crippen molar-refractivity contribution in [2.24, 2.45) is 0 Å². The van der Waals surface area contributed by atoms with Crippen LogP contribution < -0.4 is 10.2 Å². The standard InChI is InChI=1S/C19H24N2/c1-15-8-3-4-11-19(15)16(2)20-17-9-7-10-18(14-17)21-12-5-6-13-21/h3-4,7-11,14,16,20H,5-6,12-13H2,1-2H3. The van der Waals surface area contributed by atoms with Crippen LogP contribution in [0.1, 0.15) is 36.9 Å². The minimum absolute atomic E-state index is 0.319. The van der Waals surface area contributed by atoms with Crippen molar-refractivity contribution in [3.05, 3.63) is 59.7 Å². The first-order valence-electron chi connectivity index (χ1n) is 7.91. The van der Waals surface area contributed by atoms with Crippen LogP contribution in [-0.4, -0.2) is 13.1 Å². The zero-order valence-corrected chi connectivity index (χ0v) is 13.0. The van der Waals surface area contributed by atoms with Gasteiger partial charge in [0.1, 0.15) is 0 Å². The van der Waals surface area contributed by atoms with E-state index in [1.165, 1.54) is 48.4 Å². The van der Waals surface area contributed by atoms with Crippen LogP contribution in [0, 0.1) is 6.92 Å². The Labute approximate surface area is 127 Å². The van der Waals surface area contributed by atoms with Gasteiger partial charge < -0.3 is 10.2 Å². The van der Waals surface area contributed by atoms with E-state index < -0.39 is 0 Å². The smallest absolute Gasteiger partial charge is 0.0488 e. The van der Waals surface area contributed by atoms with E-state index in [0.717, 1.165) is 0 Å². The van der Waals surface area contributed by atoms with Crippen molar-refractivity contribution in [1.29, 1.82) is 0 Å². The van der Waals surface area contributed by atoms with Gasteiger partial charge in [-0.2, -0.15) is 0 Å². The van der Waals surface area contributed by atoms with Crippen molar-refractivity contribution in [2.45, 2.75) is 32.7 Å². The summed E-state index contributed by atoms with van der Waals surface area (Å²) in [6.07, 6.45) is 2.63. The average molecular weight is 280 g/mol. The highest BCUT2D eigenvalue weighted by atomic mass is 15.1. The molecule has 110 valence electrons. The van der Waals surface area contributed by atoms with Gasteiger partial charge in [-0.25, -0.2) is 0 Å². The molecule has 2 nitrogen and oxygen atoms in total. The zero-order valence-electron chi connectivity index (χ0n) is 13.0. The molecule has 0 saturated carbocycles. The summed E-state index contributed by atoms with van der Waals surface area (Å²) in [5.41, 5.74) is 5.25. The van der Waals surface area contributed by atoms with E-state index in [2.05, 4.69) is 72.6 Å². The van der Waals surface area contributed by atoms with Crippen LogP contribution in [0.2, 0.25) is 0 Å². The second-order valence-corrected chi connectivity index (χ2v) is 5.97. The lowest BCUT2D eigenvalue weighted by Gasteiger charge is -2.21. The van der Waals surface area contributed by atoms with Gasteiger partial charge in [-0.1, -0.05) is 30.3 Å². The van der Waals surface area contributed by atoms with Gasteiger partial charge in [-0.15, -0.1) is 0 Å². The van der Waals surface area contributed by atoms with Gasteiger partial charge in [0.05, 0.1) is 0 Å². The van der Waals surface area contributed by atoms with Gasteiger partial charge in [0.15, 0.2) is 0 Å². The molecule has 2 heteroatoms. The minimum atomic E-state index is 0.319. The third kappa shape index (κ3) is 3.21. The maximum Gasteiger partial charge on any atom is 0.0488 e.